The van der Waals surface area contributed by atoms with Crippen molar-refractivity contribution in [3.8, 4) is 0 Å². The minimum Gasteiger partial charge on any atom is -0.387 e. The van der Waals surface area contributed by atoms with Gasteiger partial charge in [-0.15, -0.1) is 6.58 Å². The Bertz CT molecular complexity index is 360. The molecular formula is C14H21NO. The van der Waals surface area contributed by atoms with E-state index in [1.54, 1.807) is 6.08 Å². The standard InChI is InChI=1S/C14H21NO/c1-5-8-15-12(4)14(16)13-7-6-10(2)9-11(13)3/h5-7,9,12,14-16H,1,8H2,2-4H3. The Morgan fingerprint density at radius 2 is 2.12 bits per heavy atom. The Labute approximate surface area is 98.0 Å². The zero-order valence-electron chi connectivity index (χ0n) is 10.3. The molecule has 0 radical (unpaired) electrons. The van der Waals surface area contributed by atoms with E-state index >= 15 is 0 Å². The maximum absolute atomic E-state index is 10.2. The molecule has 0 aromatic heterocycles. The molecule has 2 heteroatoms. The van der Waals surface area contributed by atoms with Gasteiger partial charge in [0.1, 0.15) is 0 Å². The second-order valence-corrected chi connectivity index (χ2v) is 4.29. The highest BCUT2D eigenvalue weighted by molar-refractivity contribution is 5.32. The molecule has 0 aliphatic heterocycles. The van der Waals surface area contributed by atoms with Crippen LogP contribution in [0.5, 0.6) is 0 Å². The molecule has 0 aliphatic rings. The zero-order valence-corrected chi connectivity index (χ0v) is 10.3. The summed E-state index contributed by atoms with van der Waals surface area (Å²) in [6, 6.07) is 6.16. The summed E-state index contributed by atoms with van der Waals surface area (Å²) >= 11 is 0. The Hall–Kier alpha value is -1.12. The van der Waals surface area contributed by atoms with Crippen LogP contribution in [-0.2, 0) is 0 Å². The smallest absolute Gasteiger partial charge is 0.0942 e. The van der Waals surface area contributed by atoms with Crippen LogP contribution in [0.4, 0.5) is 0 Å². The summed E-state index contributed by atoms with van der Waals surface area (Å²) in [7, 11) is 0. The third-order valence-electron chi connectivity index (χ3n) is 2.80. The van der Waals surface area contributed by atoms with Crippen molar-refractivity contribution in [2.45, 2.75) is 32.9 Å². The van der Waals surface area contributed by atoms with Gasteiger partial charge in [0, 0.05) is 12.6 Å². The third kappa shape index (κ3) is 3.19. The summed E-state index contributed by atoms with van der Waals surface area (Å²) < 4.78 is 0. The van der Waals surface area contributed by atoms with E-state index in [2.05, 4.69) is 24.9 Å². The van der Waals surface area contributed by atoms with E-state index in [0.29, 0.717) is 6.54 Å². The lowest BCUT2D eigenvalue weighted by Crippen LogP contribution is -2.32. The number of hydrogen-bond acceptors (Lipinski definition) is 2. The van der Waals surface area contributed by atoms with E-state index in [9.17, 15) is 5.11 Å². The Kier molecular flexibility index (Phi) is 4.71. The van der Waals surface area contributed by atoms with Crippen molar-refractivity contribution in [3.05, 3.63) is 47.5 Å². The van der Waals surface area contributed by atoms with E-state index in [-0.39, 0.29) is 6.04 Å². The first-order valence-electron chi connectivity index (χ1n) is 5.65. The summed E-state index contributed by atoms with van der Waals surface area (Å²) in [5, 5.41) is 13.4. The minimum absolute atomic E-state index is 0.0272. The summed E-state index contributed by atoms with van der Waals surface area (Å²) in [6.07, 6.45) is 1.33. The predicted molar refractivity (Wildman–Crippen MR) is 68.5 cm³/mol. The summed E-state index contributed by atoms with van der Waals surface area (Å²) in [5.74, 6) is 0. The molecule has 0 spiro atoms. The van der Waals surface area contributed by atoms with Gasteiger partial charge in [-0.05, 0) is 31.9 Å². The average molecular weight is 219 g/mol. The van der Waals surface area contributed by atoms with Crippen molar-refractivity contribution in [3.63, 3.8) is 0 Å². The highest BCUT2D eigenvalue weighted by atomic mass is 16.3. The van der Waals surface area contributed by atoms with E-state index in [4.69, 9.17) is 0 Å². The minimum atomic E-state index is -0.472. The maximum Gasteiger partial charge on any atom is 0.0942 e. The third-order valence-corrected chi connectivity index (χ3v) is 2.80. The number of rotatable bonds is 5. The number of nitrogens with one attached hydrogen (secondary N) is 1. The van der Waals surface area contributed by atoms with Gasteiger partial charge in [-0.25, -0.2) is 0 Å². The lowest BCUT2D eigenvalue weighted by molar-refractivity contribution is 0.137. The van der Waals surface area contributed by atoms with Crippen molar-refractivity contribution in [1.82, 2.24) is 5.32 Å². The van der Waals surface area contributed by atoms with E-state index in [0.717, 1.165) is 11.1 Å². The number of aliphatic hydroxyl groups is 1. The Morgan fingerprint density at radius 1 is 1.44 bits per heavy atom. The van der Waals surface area contributed by atoms with Gasteiger partial charge in [0.15, 0.2) is 0 Å². The molecule has 2 nitrogen and oxygen atoms in total. The van der Waals surface area contributed by atoms with Gasteiger partial charge in [-0.1, -0.05) is 29.8 Å². The SMILES string of the molecule is C=CCNC(C)C(O)c1ccc(C)cc1C. The van der Waals surface area contributed by atoms with Crippen molar-refractivity contribution in [2.75, 3.05) is 6.54 Å². The van der Waals surface area contributed by atoms with E-state index < -0.39 is 6.10 Å². The molecule has 0 heterocycles. The first-order valence-corrected chi connectivity index (χ1v) is 5.65. The summed E-state index contributed by atoms with van der Waals surface area (Å²) in [6.45, 7) is 10.4. The van der Waals surface area contributed by atoms with Gasteiger partial charge >= 0.3 is 0 Å². The number of hydrogen-bond donors (Lipinski definition) is 2. The van der Waals surface area contributed by atoms with Gasteiger partial charge in [0.25, 0.3) is 0 Å². The second kappa shape index (κ2) is 5.83. The highest BCUT2D eigenvalue weighted by Crippen LogP contribution is 2.21. The number of aliphatic hydroxyl groups excluding tert-OH is 1. The van der Waals surface area contributed by atoms with Crippen molar-refractivity contribution >= 4 is 0 Å². The molecule has 2 atom stereocenters. The molecule has 16 heavy (non-hydrogen) atoms. The van der Waals surface area contributed by atoms with Gasteiger partial charge in [-0.2, -0.15) is 0 Å². The van der Waals surface area contributed by atoms with E-state index in [1.165, 1.54) is 5.56 Å². The largest absolute Gasteiger partial charge is 0.387 e. The van der Waals surface area contributed by atoms with Crippen molar-refractivity contribution in [1.29, 1.82) is 0 Å². The fourth-order valence-corrected chi connectivity index (χ4v) is 1.81. The lowest BCUT2D eigenvalue weighted by atomic mass is 9.97. The molecule has 88 valence electrons. The molecule has 0 saturated carbocycles. The van der Waals surface area contributed by atoms with Crippen LogP contribution in [0.3, 0.4) is 0 Å². The maximum atomic E-state index is 10.2. The summed E-state index contributed by atoms with van der Waals surface area (Å²) in [4.78, 5) is 0. The molecule has 0 amide bonds. The Morgan fingerprint density at radius 3 is 2.69 bits per heavy atom. The second-order valence-electron chi connectivity index (χ2n) is 4.29. The molecule has 0 saturated heterocycles. The first-order chi connectivity index (χ1) is 7.56. The fourth-order valence-electron chi connectivity index (χ4n) is 1.81. The van der Waals surface area contributed by atoms with Crippen LogP contribution in [-0.4, -0.2) is 17.7 Å². The zero-order chi connectivity index (χ0) is 12.1. The quantitative estimate of drug-likeness (QED) is 0.746. The summed E-state index contributed by atoms with van der Waals surface area (Å²) in [5.41, 5.74) is 3.36. The fraction of sp³-hybridized carbons (Fsp3) is 0.429. The van der Waals surface area contributed by atoms with Gasteiger partial charge in [0.2, 0.25) is 0 Å². The lowest BCUT2D eigenvalue weighted by Gasteiger charge is -2.21. The van der Waals surface area contributed by atoms with Crippen LogP contribution in [0.2, 0.25) is 0 Å². The average Bonchev–Trinajstić information content (AvgIpc) is 2.25. The van der Waals surface area contributed by atoms with Crippen LogP contribution in [0.25, 0.3) is 0 Å². The van der Waals surface area contributed by atoms with E-state index in [1.807, 2.05) is 26.0 Å². The topological polar surface area (TPSA) is 32.3 Å². The van der Waals surface area contributed by atoms with Gasteiger partial charge in [-0.3, -0.25) is 0 Å². The van der Waals surface area contributed by atoms with Crippen LogP contribution in [0, 0.1) is 13.8 Å². The molecule has 1 aromatic carbocycles. The van der Waals surface area contributed by atoms with Crippen LogP contribution >= 0.6 is 0 Å². The number of benzene rings is 1. The van der Waals surface area contributed by atoms with Crippen LogP contribution in [0.15, 0.2) is 30.9 Å². The van der Waals surface area contributed by atoms with Gasteiger partial charge < -0.3 is 10.4 Å². The molecule has 2 unspecified atom stereocenters. The monoisotopic (exact) mass is 219 g/mol. The molecule has 0 aliphatic carbocycles. The van der Waals surface area contributed by atoms with Crippen LogP contribution < -0.4 is 5.32 Å². The highest BCUT2D eigenvalue weighted by Gasteiger charge is 2.16. The first kappa shape index (κ1) is 12.9. The molecular weight excluding hydrogens is 198 g/mol. The van der Waals surface area contributed by atoms with Crippen molar-refractivity contribution in [2.24, 2.45) is 0 Å². The van der Waals surface area contributed by atoms with Crippen LogP contribution in [0.1, 0.15) is 29.7 Å². The normalized spacial score (nSPS) is 14.5. The predicted octanol–water partition coefficient (Wildman–Crippen LogP) is 2.50. The van der Waals surface area contributed by atoms with Gasteiger partial charge in [0.05, 0.1) is 6.10 Å². The number of aryl methyl sites for hydroxylation is 2. The molecule has 2 N–H and O–H groups in total. The Balaban J connectivity index is 2.78. The molecule has 1 rings (SSSR count). The molecule has 0 bridgehead atoms. The van der Waals surface area contributed by atoms with Crippen molar-refractivity contribution < 1.29 is 5.11 Å². The molecule has 1 aromatic rings. The molecule has 0 fully saturated rings.